The number of rotatable bonds is 5. The molecule has 0 saturated carbocycles. The van der Waals surface area contributed by atoms with Crippen LogP contribution in [0, 0.1) is 0 Å². The first-order valence-corrected chi connectivity index (χ1v) is 10.1. The smallest absolute Gasteiger partial charge is 0.191 e. The standard InChI is InChI=1S/C19H28N4S.HI/c1-3-14-6-4-8-17-15(12-22-18(14)17)9-10-21-19(20-2)23-16-7-5-11-24-13-16;/h4,6,8,12,16,22H,3,5,7,9-11,13H2,1-2H3,(H2,20,21,23);1H. The van der Waals surface area contributed by atoms with Crippen LogP contribution in [-0.2, 0) is 12.8 Å². The van der Waals surface area contributed by atoms with Crippen LogP contribution in [-0.4, -0.2) is 42.1 Å². The van der Waals surface area contributed by atoms with E-state index in [4.69, 9.17) is 0 Å². The molecule has 138 valence electrons. The maximum Gasteiger partial charge on any atom is 0.191 e. The summed E-state index contributed by atoms with van der Waals surface area (Å²) in [6.07, 6.45) is 6.75. The maximum atomic E-state index is 4.37. The number of aryl methyl sites for hydroxylation is 1. The third-order valence-corrected chi connectivity index (χ3v) is 5.90. The zero-order chi connectivity index (χ0) is 16.8. The Kier molecular flexibility index (Phi) is 8.42. The van der Waals surface area contributed by atoms with Crippen LogP contribution in [0.3, 0.4) is 0 Å². The first-order chi connectivity index (χ1) is 11.8. The lowest BCUT2D eigenvalue weighted by Crippen LogP contribution is -2.46. The fourth-order valence-corrected chi connectivity index (χ4v) is 4.41. The number of thioether (sulfide) groups is 1. The number of nitrogens with zero attached hydrogens (tertiary/aromatic N) is 1. The van der Waals surface area contributed by atoms with E-state index in [0.29, 0.717) is 6.04 Å². The van der Waals surface area contributed by atoms with E-state index in [0.717, 1.165) is 25.3 Å². The predicted octanol–water partition coefficient (Wildman–Crippen LogP) is 3.95. The number of fused-ring (bicyclic) bond motifs is 1. The maximum absolute atomic E-state index is 4.37. The molecule has 1 unspecified atom stereocenters. The van der Waals surface area contributed by atoms with Gasteiger partial charge in [0, 0.05) is 42.5 Å². The van der Waals surface area contributed by atoms with Crippen molar-refractivity contribution in [2.45, 2.75) is 38.6 Å². The molecule has 0 spiro atoms. The van der Waals surface area contributed by atoms with Crippen LogP contribution in [0.25, 0.3) is 10.9 Å². The van der Waals surface area contributed by atoms with Gasteiger partial charge in [-0.3, -0.25) is 4.99 Å². The molecule has 2 aromatic rings. The van der Waals surface area contributed by atoms with Crippen LogP contribution in [0.1, 0.15) is 30.9 Å². The van der Waals surface area contributed by atoms with Gasteiger partial charge in [0.25, 0.3) is 0 Å². The Morgan fingerprint density at radius 1 is 1.36 bits per heavy atom. The van der Waals surface area contributed by atoms with Gasteiger partial charge in [0.15, 0.2) is 5.96 Å². The van der Waals surface area contributed by atoms with Crippen molar-refractivity contribution in [3.8, 4) is 0 Å². The fraction of sp³-hybridized carbons (Fsp3) is 0.526. The lowest BCUT2D eigenvalue weighted by molar-refractivity contribution is 0.582. The van der Waals surface area contributed by atoms with Crippen LogP contribution in [0.5, 0.6) is 0 Å². The van der Waals surface area contributed by atoms with Gasteiger partial charge in [0.2, 0.25) is 0 Å². The molecular weight excluding hydrogens is 443 g/mol. The fourth-order valence-electron chi connectivity index (χ4n) is 3.33. The number of nitrogens with one attached hydrogen (secondary N) is 3. The molecular formula is C19H29IN4S. The normalized spacial score (nSPS) is 18.0. The Morgan fingerprint density at radius 3 is 2.96 bits per heavy atom. The quantitative estimate of drug-likeness (QED) is 0.351. The van der Waals surface area contributed by atoms with E-state index in [2.05, 4.69) is 51.9 Å². The van der Waals surface area contributed by atoms with E-state index in [1.54, 1.807) is 0 Å². The van der Waals surface area contributed by atoms with Crippen molar-refractivity contribution < 1.29 is 0 Å². The van der Waals surface area contributed by atoms with Gasteiger partial charge in [-0.1, -0.05) is 25.1 Å². The van der Waals surface area contributed by atoms with E-state index in [1.165, 1.54) is 46.4 Å². The minimum absolute atomic E-state index is 0. The zero-order valence-corrected chi connectivity index (χ0v) is 18.2. The van der Waals surface area contributed by atoms with E-state index < -0.39 is 0 Å². The molecule has 3 N–H and O–H groups in total. The number of benzene rings is 1. The van der Waals surface area contributed by atoms with Crippen LogP contribution in [0.2, 0.25) is 0 Å². The lowest BCUT2D eigenvalue weighted by atomic mass is 10.1. The topological polar surface area (TPSA) is 52.2 Å². The monoisotopic (exact) mass is 472 g/mol. The summed E-state index contributed by atoms with van der Waals surface area (Å²) >= 11 is 2.03. The summed E-state index contributed by atoms with van der Waals surface area (Å²) in [5.74, 6) is 3.41. The lowest BCUT2D eigenvalue weighted by Gasteiger charge is -2.24. The third-order valence-electron chi connectivity index (χ3n) is 4.68. The molecule has 1 aliphatic heterocycles. The van der Waals surface area contributed by atoms with Gasteiger partial charge in [-0.05, 0) is 42.6 Å². The highest BCUT2D eigenvalue weighted by molar-refractivity contribution is 14.0. The predicted molar refractivity (Wildman–Crippen MR) is 122 cm³/mol. The van der Waals surface area contributed by atoms with Crippen LogP contribution >= 0.6 is 35.7 Å². The van der Waals surface area contributed by atoms with Gasteiger partial charge < -0.3 is 15.6 Å². The second kappa shape index (κ2) is 10.3. The number of hydrogen-bond acceptors (Lipinski definition) is 2. The number of H-pyrrole nitrogens is 1. The molecule has 1 atom stereocenters. The minimum Gasteiger partial charge on any atom is -0.361 e. The number of para-hydroxylation sites is 1. The summed E-state index contributed by atoms with van der Waals surface area (Å²) < 4.78 is 0. The van der Waals surface area contributed by atoms with Crippen LogP contribution in [0.4, 0.5) is 0 Å². The summed E-state index contributed by atoms with van der Waals surface area (Å²) in [5.41, 5.74) is 4.05. The first kappa shape index (κ1) is 20.4. The van der Waals surface area contributed by atoms with Crippen molar-refractivity contribution in [2.24, 2.45) is 4.99 Å². The van der Waals surface area contributed by atoms with Gasteiger partial charge in [-0.2, -0.15) is 11.8 Å². The number of guanidine groups is 1. The second-order valence-corrected chi connectivity index (χ2v) is 7.46. The number of aromatic amines is 1. The molecule has 2 heterocycles. The Labute approximate surface area is 172 Å². The van der Waals surface area contributed by atoms with Crippen molar-refractivity contribution in [1.29, 1.82) is 0 Å². The summed E-state index contributed by atoms with van der Waals surface area (Å²) in [5, 5.41) is 8.37. The molecule has 0 radical (unpaired) electrons. The Morgan fingerprint density at radius 2 is 2.24 bits per heavy atom. The summed E-state index contributed by atoms with van der Waals surface area (Å²) in [4.78, 5) is 7.82. The molecule has 25 heavy (non-hydrogen) atoms. The molecule has 1 saturated heterocycles. The van der Waals surface area contributed by atoms with Crippen molar-refractivity contribution in [2.75, 3.05) is 25.1 Å². The summed E-state index contributed by atoms with van der Waals surface area (Å²) in [6.45, 7) is 3.10. The van der Waals surface area contributed by atoms with E-state index in [1.807, 2.05) is 18.8 Å². The molecule has 1 aromatic heterocycles. The van der Waals surface area contributed by atoms with E-state index in [9.17, 15) is 0 Å². The zero-order valence-electron chi connectivity index (χ0n) is 15.1. The Bertz CT molecular complexity index is 692. The van der Waals surface area contributed by atoms with Crippen molar-refractivity contribution in [3.63, 3.8) is 0 Å². The number of hydrogen-bond donors (Lipinski definition) is 3. The molecule has 1 fully saturated rings. The molecule has 6 heteroatoms. The number of aliphatic imine (C=N–C) groups is 1. The van der Waals surface area contributed by atoms with Crippen molar-refractivity contribution in [3.05, 3.63) is 35.5 Å². The molecule has 0 aliphatic carbocycles. The Balaban J connectivity index is 0.00000225. The highest BCUT2D eigenvalue weighted by atomic mass is 127. The minimum atomic E-state index is 0. The Hall–Kier alpha value is -0.890. The van der Waals surface area contributed by atoms with E-state index >= 15 is 0 Å². The highest BCUT2D eigenvalue weighted by Crippen LogP contribution is 2.22. The van der Waals surface area contributed by atoms with E-state index in [-0.39, 0.29) is 24.0 Å². The number of halogens is 1. The highest BCUT2D eigenvalue weighted by Gasteiger charge is 2.14. The van der Waals surface area contributed by atoms with Crippen molar-refractivity contribution in [1.82, 2.24) is 15.6 Å². The average molecular weight is 472 g/mol. The van der Waals surface area contributed by atoms with Crippen LogP contribution in [0.15, 0.2) is 29.4 Å². The largest absolute Gasteiger partial charge is 0.361 e. The van der Waals surface area contributed by atoms with Gasteiger partial charge >= 0.3 is 0 Å². The van der Waals surface area contributed by atoms with Crippen molar-refractivity contribution >= 4 is 52.6 Å². The second-order valence-electron chi connectivity index (χ2n) is 6.31. The van der Waals surface area contributed by atoms with Gasteiger partial charge in [-0.25, -0.2) is 0 Å². The van der Waals surface area contributed by atoms with Crippen LogP contribution < -0.4 is 10.6 Å². The molecule has 1 aromatic carbocycles. The third kappa shape index (κ3) is 5.29. The molecule has 1 aliphatic rings. The summed E-state index contributed by atoms with van der Waals surface area (Å²) in [7, 11) is 1.85. The average Bonchev–Trinajstić information content (AvgIpc) is 3.05. The summed E-state index contributed by atoms with van der Waals surface area (Å²) in [6, 6.07) is 7.13. The van der Waals surface area contributed by atoms with Gasteiger partial charge in [0.05, 0.1) is 0 Å². The molecule has 0 bridgehead atoms. The number of aromatic nitrogens is 1. The van der Waals surface area contributed by atoms with Gasteiger partial charge in [0.1, 0.15) is 0 Å². The molecule has 4 nitrogen and oxygen atoms in total. The molecule has 0 amide bonds. The SMILES string of the molecule is CCc1cccc2c(CCNC(=NC)NC3CCCSC3)c[nH]c12.I. The van der Waals surface area contributed by atoms with Gasteiger partial charge in [-0.15, -0.1) is 24.0 Å². The molecule has 3 rings (SSSR count). The first-order valence-electron chi connectivity index (χ1n) is 8.94.